The van der Waals surface area contributed by atoms with Crippen molar-refractivity contribution in [2.75, 3.05) is 19.6 Å². The summed E-state index contributed by atoms with van der Waals surface area (Å²) in [5.41, 5.74) is 2.87. The summed E-state index contributed by atoms with van der Waals surface area (Å²) >= 11 is 0. The zero-order valence-corrected chi connectivity index (χ0v) is 17.7. The molecule has 0 unspecified atom stereocenters. The predicted octanol–water partition coefficient (Wildman–Crippen LogP) is 3.20. The third-order valence-corrected chi connectivity index (χ3v) is 6.44. The molecule has 1 saturated heterocycles. The Hall–Kier alpha value is -3.09. The average Bonchev–Trinajstić information content (AvgIpc) is 3.58. The van der Waals surface area contributed by atoms with E-state index in [1.54, 1.807) is 6.20 Å². The van der Waals surface area contributed by atoms with Gasteiger partial charge >= 0.3 is 11.7 Å². The lowest BCUT2D eigenvalue weighted by Gasteiger charge is -2.33. The summed E-state index contributed by atoms with van der Waals surface area (Å²) in [6.45, 7) is 2.63. The van der Waals surface area contributed by atoms with E-state index in [4.69, 9.17) is 0 Å². The summed E-state index contributed by atoms with van der Waals surface area (Å²) in [6.07, 6.45) is 6.70. The lowest BCUT2D eigenvalue weighted by atomic mass is 10.1. The second kappa shape index (κ2) is 8.57. The average molecular weight is 420 g/mol. The summed E-state index contributed by atoms with van der Waals surface area (Å²) in [5.74, 6) is 0.607. The van der Waals surface area contributed by atoms with E-state index in [0.717, 1.165) is 43.5 Å². The normalized spacial score (nSPS) is 19.0. The van der Waals surface area contributed by atoms with Gasteiger partial charge in [-0.15, -0.1) is 0 Å². The monoisotopic (exact) mass is 419 g/mol. The van der Waals surface area contributed by atoms with E-state index in [-0.39, 0.29) is 17.8 Å². The summed E-state index contributed by atoms with van der Waals surface area (Å²) in [7, 11) is 0. The van der Waals surface area contributed by atoms with Crippen LogP contribution in [-0.2, 0) is 13.0 Å². The van der Waals surface area contributed by atoms with E-state index >= 15 is 0 Å². The fourth-order valence-electron chi connectivity index (χ4n) is 4.59. The van der Waals surface area contributed by atoms with Gasteiger partial charge in [-0.2, -0.15) is 0 Å². The molecule has 2 amide bonds. The van der Waals surface area contributed by atoms with Crippen molar-refractivity contribution in [3.8, 4) is 0 Å². The number of carbonyl (C=O) groups is 1. The number of nitrogens with one attached hydrogen (secondary N) is 1. The minimum Gasteiger partial charge on any atom is -0.338 e. The van der Waals surface area contributed by atoms with E-state index in [0.29, 0.717) is 19.0 Å². The molecule has 0 spiro atoms. The SMILES string of the molecule is O=C(NCCc1ccccc1)N1CCC[C@H](n2c(=O)n(CC3CC3)c3cccnc32)C1. The Labute approximate surface area is 181 Å². The maximum Gasteiger partial charge on any atom is 0.330 e. The summed E-state index contributed by atoms with van der Waals surface area (Å²) < 4.78 is 3.72. The molecule has 2 fully saturated rings. The van der Waals surface area contributed by atoms with Gasteiger partial charge in [-0.05, 0) is 55.7 Å². The number of benzene rings is 1. The van der Waals surface area contributed by atoms with Crippen LogP contribution in [0.3, 0.4) is 0 Å². The van der Waals surface area contributed by atoms with Gasteiger partial charge in [0.1, 0.15) is 0 Å². The van der Waals surface area contributed by atoms with Gasteiger partial charge in [0.05, 0.1) is 11.6 Å². The number of hydrogen-bond donors (Lipinski definition) is 1. The molecule has 1 saturated carbocycles. The molecule has 3 aromatic rings. The fraction of sp³-hybridized carbons (Fsp3) is 0.458. The van der Waals surface area contributed by atoms with Crippen molar-refractivity contribution in [3.63, 3.8) is 0 Å². The first-order valence-electron chi connectivity index (χ1n) is 11.3. The van der Waals surface area contributed by atoms with E-state index < -0.39 is 0 Å². The molecule has 1 aromatic carbocycles. The second-order valence-corrected chi connectivity index (χ2v) is 8.76. The first kappa shape index (κ1) is 19.8. The minimum atomic E-state index is -0.0524. The van der Waals surface area contributed by atoms with Gasteiger partial charge in [0, 0.05) is 32.4 Å². The minimum absolute atomic E-state index is 0.0111. The van der Waals surface area contributed by atoms with Crippen LogP contribution >= 0.6 is 0 Å². The molecule has 2 aliphatic rings. The molecule has 7 nitrogen and oxygen atoms in total. The quantitative estimate of drug-likeness (QED) is 0.667. The Kier molecular flexibility index (Phi) is 5.49. The third kappa shape index (κ3) is 4.22. The highest BCUT2D eigenvalue weighted by Crippen LogP contribution is 2.32. The number of urea groups is 1. The number of carbonyl (C=O) groups excluding carboxylic acids is 1. The number of likely N-dealkylation sites (tertiary alicyclic amines) is 1. The maximum atomic E-state index is 13.3. The number of hydrogen-bond acceptors (Lipinski definition) is 3. The highest BCUT2D eigenvalue weighted by Gasteiger charge is 2.30. The van der Waals surface area contributed by atoms with Crippen LogP contribution in [0.4, 0.5) is 4.79 Å². The van der Waals surface area contributed by atoms with Crippen LogP contribution in [0.5, 0.6) is 0 Å². The van der Waals surface area contributed by atoms with E-state index in [2.05, 4.69) is 22.4 Å². The van der Waals surface area contributed by atoms with Gasteiger partial charge in [0.25, 0.3) is 0 Å². The Bertz CT molecular complexity index is 1120. The largest absolute Gasteiger partial charge is 0.338 e. The first-order chi connectivity index (χ1) is 15.2. The van der Waals surface area contributed by atoms with Crippen LogP contribution < -0.4 is 11.0 Å². The molecule has 3 heterocycles. The van der Waals surface area contributed by atoms with Gasteiger partial charge in [0.2, 0.25) is 0 Å². The van der Waals surface area contributed by atoms with Gasteiger partial charge < -0.3 is 10.2 Å². The summed E-state index contributed by atoms with van der Waals surface area (Å²) in [6, 6.07) is 13.9. The van der Waals surface area contributed by atoms with Gasteiger partial charge in [-0.1, -0.05) is 30.3 Å². The molecule has 31 heavy (non-hydrogen) atoms. The van der Waals surface area contributed by atoms with Crippen molar-refractivity contribution in [3.05, 3.63) is 64.7 Å². The molecule has 1 N–H and O–H groups in total. The maximum absolute atomic E-state index is 13.3. The van der Waals surface area contributed by atoms with Crippen LogP contribution in [0.2, 0.25) is 0 Å². The number of imidazole rings is 1. The van der Waals surface area contributed by atoms with Crippen molar-refractivity contribution in [2.24, 2.45) is 5.92 Å². The van der Waals surface area contributed by atoms with Crippen molar-refractivity contribution in [2.45, 2.75) is 44.7 Å². The second-order valence-electron chi connectivity index (χ2n) is 8.76. The van der Waals surface area contributed by atoms with Crippen LogP contribution in [0.1, 0.15) is 37.3 Å². The van der Waals surface area contributed by atoms with Crippen molar-refractivity contribution in [1.29, 1.82) is 0 Å². The molecule has 2 aromatic heterocycles. The molecule has 162 valence electrons. The molecule has 1 aliphatic heterocycles. The number of fused-ring (bicyclic) bond motifs is 1. The van der Waals surface area contributed by atoms with Gasteiger partial charge in [0.15, 0.2) is 5.65 Å². The van der Waals surface area contributed by atoms with Crippen LogP contribution in [-0.4, -0.2) is 44.7 Å². The molecule has 0 radical (unpaired) electrons. The molecule has 1 atom stereocenters. The first-order valence-corrected chi connectivity index (χ1v) is 11.3. The van der Waals surface area contributed by atoms with Crippen LogP contribution in [0, 0.1) is 5.92 Å². The highest BCUT2D eigenvalue weighted by molar-refractivity contribution is 5.74. The molecule has 0 bridgehead atoms. The predicted molar refractivity (Wildman–Crippen MR) is 120 cm³/mol. The number of aromatic nitrogens is 3. The highest BCUT2D eigenvalue weighted by atomic mass is 16.2. The Morgan fingerprint density at radius 1 is 1.10 bits per heavy atom. The molecular weight excluding hydrogens is 390 g/mol. The number of rotatable bonds is 6. The smallest absolute Gasteiger partial charge is 0.330 e. The van der Waals surface area contributed by atoms with E-state index in [1.165, 1.54) is 18.4 Å². The molecule has 1 aliphatic carbocycles. The lowest BCUT2D eigenvalue weighted by Crippen LogP contribution is -2.47. The molecule has 5 rings (SSSR count). The van der Waals surface area contributed by atoms with Crippen LogP contribution in [0.15, 0.2) is 53.5 Å². The van der Waals surface area contributed by atoms with Gasteiger partial charge in [-0.25, -0.2) is 14.6 Å². The standard InChI is InChI=1S/C24H29N5O2/c30-23(26-14-12-18-6-2-1-3-7-18)27-15-5-8-20(17-27)29-22-21(9-4-13-25-22)28(24(29)31)16-19-10-11-19/h1-4,6-7,9,13,19-20H,5,8,10-12,14-17H2,(H,26,30)/t20-/m0/s1. The van der Waals surface area contributed by atoms with Gasteiger partial charge in [-0.3, -0.25) is 9.13 Å². The molecular formula is C24H29N5O2. The van der Waals surface area contributed by atoms with Crippen molar-refractivity contribution < 1.29 is 4.79 Å². The zero-order valence-electron chi connectivity index (χ0n) is 17.7. The van der Waals surface area contributed by atoms with Crippen molar-refractivity contribution >= 4 is 17.2 Å². The molecule has 7 heteroatoms. The summed E-state index contributed by atoms with van der Waals surface area (Å²) in [4.78, 5) is 32.5. The van der Waals surface area contributed by atoms with E-state index in [1.807, 2.05) is 44.4 Å². The number of amides is 2. The number of piperidine rings is 1. The fourth-order valence-corrected chi connectivity index (χ4v) is 4.59. The number of nitrogens with zero attached hydrogens (tertiary/aromatic N) is 4. The Morgan fingerprint density at radius 2 is 1.94 bits per heavy atom. The lowest BCUT2D eigenvalue weighted by molar-refractivity contribution is 0.166. The zero-order chi connectivity index (χ0) is 21.2. The Balaban J connectivity index is 1.30. The van der Waals surface area contributed by atoms with Crippen molar-refractivity contribution in [1.82, 2.24) is 24.3 Å². The number of pyridine rings is 1. The van der Waals surface area contributed by atoms with E-state index in [9.17, 15) is 9.59 Å². The topological polar surface area (TPSA) is 72.2 Å². The third-order valence-electron chi connectivity index (χ3n) is 6.44. The Morgan fingerprint density at radius 3 is 2.74 bits per heavy atom. The summed E-state index contributed by atoms with van der Waals surface area (Å²) in [5, 5.41) is 3.04. The van der Waals surface area contributed by atoms with Crippen LogP contribution in [0.25, 0.3) is 11.2 Å².